The number of nitrogens with one attached hydrogen (secondary N) is 3. The summed E-state index contributed by atoms with van der Waals surface area (Å²) < 4.78 is 9.88. The third-order valence-corrected chi connectivity index (χ3v) is 6.78. The maximum atomic E-state index is 13.4. The first kappa shape index (κ1) is 30.1. The molecule has 40 heavy (non-hydrogen) atoms. The van der Waals surface area contributed by atoms with Gasteiger partial charge >= 0.3 is 18.0 Å². The van der Waals surface area contributed by atoms with Gasteiger partial charge in [0.1, 0.15) is 24.7 Å². The number of methoxy groups -OCH3 is 1. The number of fused-ring (bicyclic) bond motifs is 1. The molecular weight excluding hydrogens is 518 g/mol. The van der Waals surface area contributed by atoms with E-state index in [0.717, 1.165) is 23.8 Å². The fourth-order valence-corrected chi connectivity index (χ4v) is 4.60. The number of carboxylic acids is 1. The Morgan fingerprint density at radius 2 is 1.48 bits per heavy atom. The molecule has 4 N–H and O–H groups in total. The van der Waals surface area contributed by atoms with Crippen LogP contribution in [0.15, 0.2) is 54.6 Å². The van der Waals surface area contributed by atoms with Gasteiger partial charge in [0.15, 0.2) is 0 Å². The van der Waals surface area contributed by atoms with Gasteiger partial charge in [-0.2, -0.15) is 0 Å². The summed E-state index contributed by atoms with van der Waals surface area (Å²) in [4.78, 5) is 63.2. The molecule has 11 heteroatoms. The summed E-state index contributed by atoms with van der Waals surface area (Å²) >= 11 is 0. The van der Waals surface area contributed by atoms with Crippen LogP contribution in [-0.4, -0.2) is 60.2 Å². The van der Waals surface area contributed by atoms with Crippen molar-refractivity contribution in [2.45, 2.75) is 57.8 Å². The van der Waals surface area contributed by atoms with Crippen molar-refractivity contribution in [2.24, 2.45) is 11.8 Å². The molecule has 1 aliphatic carbocycles. The fourth-order valence-electron chi connectivity index (χ4n) is 4.60. The van der Waals surface area contributed by atoms with Gasteiger partial charge in [0.05, 0.1) is 13.5 Å². The number of amides is 3. The number of carbonyl (C=O) groups excluding carboxylic acids is 4. The molecule has 0 aliphatic heterocycles. The van der Waals surface area contributed by atoms with E-state index in [-0.39, 0.29) is 12.5 Å². The van der Waals surface area contributed by atoms with Crippen LogP contribution < -0.4 is 16.0 Å². The van der Waals surface area contributed by atoms with Gasteiger partial charge < -0.3 is 30.5 Å². The third kappa shape index (κ3) is 8.29. The zero-order valence-corrected chi connectivity index (χ0v) is 22.7. The van der Waals surface area contributed by atoms with Gasteiger partial charge in [0, 0.05) is 0 Å². The highest BCUT2D eigenvalue weighted by molar-refractivity contribution is 5.94. The molecule has 0 fully saturated rings. The number of benzene rings is 2. The maximum absolute atomic E-state index is 13.4. The standard InChI is InChI=1S/C29H35N3O8/c1-17(2)24(28(36)37)31-27(35)25(21-13-19-11-7-8-12-20(19)14-21)32-26(34)22(15-23(33)39-3)30-29(38)40-16-18-9-5-4-6-10-18/h4-12,17,21-22,24-25H,13-16H2,1-3H3,(H,30,38)(H,31,35)(H,32,34)(H,36,37)/t22-,24-,25-/m0/s1. The molecule has 0 aromatic heterocycles. The summed E-state index contributed by atoms with van der Waals surface area (Å²) in [6.45, 7) is 3.27. The molecule has 2 aromatic rings. The van der Waals surface area contributed by atoms with Crippen LogP contribution in [0.4, 0.5) is 4.79 Å². The van der Waals surface area contributed by atoms with E-state index in [1.807, 2.05) is 30.3 Å². The number of hydrogen-bond donors (Lipinski definition) is 4. The molecule has 3 atom stereocenters. The van der Waals surface area contributed by atoms with Gasteiger partial charge in [0.2, 0.25) is 11.8 Å². The van der Waals surface area contributed by atoms with Gasteiger partial charge in [-0.3, -0.25) is 14.4 Å². The van der Waals surface area contributed by atoms with Gasteiger partial charge in [-0.15, -0.1) is 0 Å². The number of esters is 1. The van der Waals surface area contributed by atoms with Gasteiger partial charge in [0.25, 0.3) is 0 Å². The molecule has 2 aromatic carbocycles. The minimum atomic E-state index is -1.41. The average Bonchev–Trinajstić information content (AvgIpc) is 3.37. The molecule has 3 rings (SSSR count). The second-order valence-electron chi connectivity index (χ2n) is 10.0. The van der Waals surface area contributed by atoms with E-state index in [1.165, 1.54) is 0 Å². The average molecular weight is 554 g/mol. The Morgan fingerprint density at radius 1 is 0.875 bits per heavy atom. The van der Waals surface area contributed by atoms with Crippen LogP contribution in [0.2, 0.25) is 0 Å². The number of carboxylic acid groups (broad SMARTS) is 1. The molecule has 0 spiro atoms. The van der Waals surface area contributed by atoms with Crippen LogP contribution in [0.5, 0.6) is 0 Å². The number of carbonyl (C=O) groups is 5. The molecule has 11 nitrogen and oxygen atoms in total. The van der Waals surface area contributed by atoms with Crippen molar-refractivity contribution >= 4 is 29.8 Å². The minimum absolute atomic E-state index is 0.0591. The zero-order chi connectivity index (χ0) is 29.2. The third-order valence-electron chi connectivity index (χ3n) is 6.78. The molecule has 1 aliphatic rings. The predicted molar refractivity (Wildman–Crippen MR) is 144 cm³/mol. The maximum Gasteiger partial charge on any atom is 0.408 e. The molecule has 0 saturated heterocycles. The minimum Gasteiger partial charge on any atom is -0.480 e. The molecule has 0 bridgehead atoms. The first-order valence-corrected chi connectivity index (χ1v) is 13.0. The lowest BCUT2D eigenvalue weighted by molar-refractivity contribution is -0.145. The topological polar surface area (TPSA) is 160 Å². The molecule has 214 valence electrons. The molecule has 0 unspecified atom stereocenters. The summed E-state index contributed by atoms with van der Waals surface area (Å²) in [7, 11) is 1.15. The van der Waals surface area contributed by atoms with E-state index in [1.54, 1.807) is 38.1 Å². The zero-order valence-electron chi connectivity index (χ0n) is 22.7. The molecular formula is C29H35N3O8. The Kier molecular flexibility index (Phi) is 10.6. The number of alkyl carbamates (subject to hydrolysis) is 1. The van der Waals surface area contributed by atoms with Crippen molar-refractivity contribution in [3.63, 3.8) is 0 Å². The van der Waals surface area contributed by atoms with E-state index in [2.05, 4.69) is 20.7 Å². The van der Waals surface area contributed by atoms with Crippen LogP contribution in [0.3, 0.4) is 0 Å². The van der Waals surface area contributed by atoms with Gasteiger partial charge in [-0.25, -0.2) is 9.59 Å². The Bertz CT molecular complexity index is 1190. The van der Waals surface area contributed by atoms with E-state index < -0.39 is 60.3 Å². The molecule has 3 amide bonds. The highest BCUT2D eigenvalue weighted by Gasteiger charge is 2.38. The van der Waals surface area contributed by atoms with Crippen LogP contribution in [-0.2, 0) is 48.1 Å². The number of aliphatic carboxylic acids is 1. The van der Waals surface area contributed by atoms with Crippen LogP contribution in [0.25, 0.3) is 0 Å². The summed E-state index contributed by atoms with van der Waals surface area (Å²) in [6, 6.07) is 12.8. The number of ether oxygens (including phenoxy) is 2. The second kappa shape index (κ2) is 14.1. The lowest BCUT2D eigenvalue weighted by Crippen LogP contribution is -2.59. The van der Waals surface area contributed by atoms with Crippen LogP contribution in [0.1, 0.15) is 37.0 Å². The summed E-state index contributed by atoms with van der Waals surface area (Å²) in [6.07, 6.45) is -0.497. The monoisotopic (exact) mass is 553 g/mol. The Morgan fingerprint density at radius 3 is 2.02 bits per heavy atom. The first-order valence-electron chi connectivity index (χ1n) is 13.0. The summed E-state index contributed by atoms with van der Waals surface area (Å²) in [5.74, 6) is -4.23. The number of hydrogen-bond acceptors (Lipinski definition) is 7. The lowest BCUT2D eigenvalue weighted by Gasteiger charge is -2.28. The van der Waals surface area contributed by atoms with Crippen molar-refractivity contribution in [3.05, 3.63) is 71.3 Å². The predicted octanol–water partition coefficient (Wildman–Crippen LogP) is 1.97. The summed E-state index contributed by atoms with van der Waals surface area (Å²) in [5, 5.41) is 17.2. The Labute approximate surface area is 232 Å². The van der Waals surface area contributed by atoms with Crippen LogP contribution >= 0.6 is 0 Å². The van der Waals surface area contributed by atoms with E-state index >= 15 is 0 Å². The Balaban J connectivity index is 1.78. The van der Waals surface area contributed by atoms with Crippen molar-refractivity contribution < 1.29 is 38.6 Å². The quantitative estimate of drug-likeness (QED) is 0.290. The lowest BCUT2D eigenvalue weighted by atomic mass is 9.94. The largest absolute Gasteiger partial charge is 0.480 e. The normalized spacial score (nSPS) is 14.8. The van der Waals surface area contributed by atoms with Crippen molar-refractivity contribution in [1.82, 2.24) is 16.0 Å². The van der Waals surface area contributed by atoms with E-state index in [9.17, 15) is 29.1 Å². The highest BCUT2D eigenvalue weighted by Crippen LogP contribution is 2.29. The number of rotatable bonds is 12. The van der Waals surface area contributed by atoms with Crippen molar-refractivity contribution in [1.29, 1.82) is 0 Å². The van der Waals surface area contributed by atoms with Crippen LogP contribution in [0, 0.1) is 11.8 Å². The van der Waals surface area contributed by atoms with Crippen molar-refractivity contribution in [2.75, 3.05) is 7.11 Å². The van der Waals surface area contributed by atoms with Gasteiger partial charge in [-0.05, 0) is 41.4 Å². The fraction of sp³-hybridized carbons (Fsp3) is 0.414. The Hall–Kier alpha value is -4.41. The van der Waals surface area contributed by atoms with E-state index in [4.69, 9.17) is 4.74 Å². The SMILES string of the molecule is COC(=O)C[C@H](NC(=O)OCc1ccccc1)C(=O)N[C@H](C(=O)N[C@H](C(=O)O)C(C)C)C1Cc2ccccc2C1. The summed E-state index contributed by atoms with van der Waals surface area (Å²) in [5.41, 5.74) is 2.76. The smallest absolute Gasteiger partial charge is 0.408 e. The highest BCUT2D eigenvalue weighted by atomic mass is 16.5. The molecule has 0 heterocycles. The first-order chi connectivity index (χ1) is 19.1. The van der Waals surface area contributed by atoms with Crippen molar-refractivity contribution in [3.8, 4) is 0 Å². The molecule has 0 radical (unpaired) electrons. The molecule has 0 saturated carbocycles. The van der Waals surface area contributed by atoms with Gasteiger partial charge in [-0.1, -0.05) is 68.4 Å². The van der Waals surface area contributed by atoms with E-state index in [0.29, 0.717) is 12.8 Å². The second-order valence-corrected chi connectivity index (χ2v) is 10.0.